The lowest BCUT2D eigenvalue weighted by atomic mass is 10.0. The first kappa shape index (κ1) is 23.6. The number of para-hydroxylation sites is 3. The number of hydrogen-bond acceptors (Lipinski definition) is 3. The summed E-state index contributed by atoms with van der Waals surface area (Å²) in [6.45, 7) is 6.17. The molecule has 5 heteroatoms. The van der Waals surface area contributed by atoms with E-state index in [0.717, 1.165) is 29.0 Å². The van der Waals surface area contributed by atoms with Crippen molar-refractivity contribution in [2.45, 2.75) is 45.6 Å². The van der Waals surface area contributed by atoms with Crippen molar-refractivity contribution in [3.63, 3.8) is 0 Å². The Morgan fingerprint density at radius 3 is 2.50 bits per heavy atom. The molecule has 0 fully saturated rings. The maximum absolute atomic E-state index is 12.3. The maximum Gasteiger partial charge on any atom is 0.220 e. The third kappa shape index (κ3) is 6.04. The van der Waals surface area contributed by atoms with Crippen molar-refractivity contribution in [2.75, 3.05) is 13.2 Å². The quantitative estimate of drug-likeness (QED) is 0.323. The summed E-state index contributed by atoms with van der Waals surface area (Å²) in [6.07, 6.45) is 1.91. The zero-order valence-electron chi connectivity index (χ0n) is 20.0. The number of fused-ring (bicyclic) bond motifs is 1. The standard InChI is InChI=1S/C29H33N3O2/c1-22(2)24-12-6-9-15-27(24)34-21-20-32-26-14-8-7-13-25(26)31-28(32)18-19-30-29(33)17-16-23-10-4-3-5-11-23/h3-15,22H,16-21H2,1-2H3,(H,30,33). The molecule has 0 radical (unpaired) electrons. The molecule has 4 rings (SSSR count). The summed E-state index contributed by atoms with van der Waals surface area (Å²) in [5, 5.41) is 3.05. The molecule has 0 atom stereocenters. The van der Waals surface area contributed by atoms with E-state index >= 15 is 0 Å². The molecular weight excluding hydrogens is 422 g/mol. The van der Waals surface area contributed by atoms with Gasteiger partial charge >= 0.3 is 0 Å². The van der Waals surface area contributed by atoms with Crippen molar-refractivity contribution in [3.05, 3.63) is 95.8 Å². The third-order valence-corrected chi connectivity index (χ3v) is 6.00. The number of nitrogens with one attached hydrogen (secondary N) is 1. The van der Waals surface area contributed by atoms with E-state index in [4.69, 9.17) is 9.72 Å². The zero-order valence-corrected chi connectivity index (χ0v) is 20.0. The summed E-state index contributed by atoms with van der Waals surface area (Å²) in [5.41, 5.74) is 4.46. The number of aromatic nitrogens is 2. The summed E-state index contributed by atoms with van der Waals surface area (Å²) in [4.78, 5) is 17.2. The van der Waals surface area contributed by atoms with Gasteiger partial charge in [0.15, 0.2) is 0 Å². The van der Waals surface area contributed by atoms with Crippen molar-refractivity contribution in [2.24, 2.45) is 0 Å². The van der Waals surface area contributed by atoms with Gasteiger partial charge in [-0.15, -0.1) is 0 Å². The van der Waals surface area contributed by atoms with Crippen molar-refractivity contribution in [1.82, 2.24) is 14.9 Å². The minimum atomic E-state index is 0.0696. The van der Waals surface area contributed by atoms with E-state index in [0.29, 0.717) is 38.5 Å². The second kappa shape index (κ2) is 11.5. The summed E-state index contributed by atoms with van der Waals surface area (Å²) in [5.74, 6) is 2.38. The van der Waals surface area contributed by atoms with Crippen molar-refractivity contribution >= 4 is 16.9 Å². The number of ether oxygens (including phenoxy) is 1. The van der Waals surface area contributed by atoms with Crippen molar-refractivity contribution in [3.8, 4) is 5.75 Å². The molecule has 0 unspecified atom stereocenters. The Balaban J connectivity index is 1.36. The van der Waals surface area contributed by atoms with Crippen LogP contribution >= 0.6 is 0 Å². The van der Waals surface area contributed by atoms with Gasteiger partial charge in [-0.1, -0.05) is 74.5 Å². The Hall–Kier alpha value is -3.60. The summed E-state index contributed by atoms with van der Waals surface area (Å²) >= 11 is 0. The largest absolute Gasteiger partial charge is 0.491 e. The highest BCUT2D eigenvalue weighted by molar-refractivity contribution is 5.77. The highest BCUT2D eigenvalue weighted by Gasteiger charge is 2.12. The molecule has 1 N–H and O–H groups in total. The highest BCUT2D eigenvalue weighted by Crippen LogP contribution is 2.26. The topological polar surface area (TPSA) is 56.1 Å². The number of carbonyl (C=O) groups excluding carboxylic acids is 1. The smallest absolute Gasteiger partial charge is 0.220 e. The molecule has 0 aliphatic rings. The number of benzene rings is 3. The fraction of sp³-hybridized carbons (Fsp3) is 0.310. The van der Waals surface area contributed by atoms with Gasteiger partial charge in [-0.2, -0.15) is 0 Å². The Morgan fingerprint density at radius 1 is 0.941 bits per heavy atom. The molecular formula is C29H33N3O2. The van der Waals surface area contributed by atoms with Crippen LogP contribution in [0, 0.1) is 0 Å². The van der Waals surface area contributed by atoms with Crippen LogP contribution in [0.25, 0.3) is 11.0 Å². The second-order valence-corrected chi connectivity index (χ2v) is 8.79. The fourth-order valence-electron chi connectivity index (χ4n) is 4.21. The van der Waals surface area contributed by atoms with Gasteiger partial charge in [-0.3, -0.25) is 4.79 Å². The monoisotopic (exact) mass is 455 g/mol. The van der Waals surface area contributed by atoms with Crippen LogP contribution in [-0.4, -0.2) is 28.6 Å². The lowest BCUT2D eigenvalue weighted by molar-refractivity contribution is -0.121. The van der Waals surface area contributed by atoms with E-state index in [-0.39, 0.29) is 5.91 Å². The van der Waals surface area contributed by atoms with E-state index in [1.54, 1.807) is 0 Å². The second-order valence-electron chi connectivity index (χ2n) is 8.79. The van der Waals surface area contributed by atoms with Gasteiger partial charge in [0.25, 0.3) is 0 Å². The lowest BCUT2D eigenvalue weighted by Gasteiger charge is -2.15. The normalized spacial score (nSPS) is 11.1. The summed E-state index contributed by atoms with van der Waals surface area (Å²) in [6, 6.07) is 26.5. The SMILES string of the molecule is CC(C)c1ccccc1OCCn1c(CCNC(=O)CCc2ccccc2)nc2ccccc21. The summed E-state index contributed by atoms with van der Waals surface area (Å²) < 4.78 is 8.39. The average Bonchev–Trinajstić information content (AvgIpc) is 3.21. The van der Waals surface area contributed by atoms with Gasteiger partial charge in [0, 0.05) is 19.4 Å². The molecule has 0 aliphatic heterocycles. The Morgan fingerprint density at radius 2 is 1.68 bits per heavy atom. The van der Waals surface area contributed by atoms with E-state index in [9.17, 15) is 4.79 Å². The van der Waals surface area contributed by atoms with E-state index in [1.807, 2.05) is 48.5 Å². The molecule has 0 bridgehead atoms. The summed E-state index contributed by atoms with van der Waals surface area (Å²) in [7, 11) is 0. The van der Waals surface area contributed by atoms with Crippen molar-refractivity contribution < 1.29 is 9.53 Å². The molecule has 0 saturated heterocycles. The van der Waals surface area contributed by atoms with Crippen LogP contribution < -0.4 is 10.1 Å². The van der Waals surface area contributed by atoms with Crippen LogP contribution in [0.2, 0.25) is 0 Å². The van der Waals surface area contributed by atoms with Gasteiger partial charge in [-0.25, -0.2) is 4.98 Å². The molecule has 1 amide bonds. The Bertz CT molecular complexity index is 1210. The Kier molecular flexibility index (Phi) is 7.97. The molecule has 0 spiro atoms. The van der Waals surface area contributed by atoms with Gasteiger partial charge in [0.2, 0.25) is 5.91 Å². The van der Waals surface area contributed by atoms with Gasteiger partial charge in [0.05, 0.1) is 17.6 Å². The van der Waals surface area contributed by atoms with Gasteiger partial charge in [0.1, 0.15) is 18.2 Å². The van der Waals surface area contributed by atoms with Crippen LogP contribution in [-0.2, 0) is 24.2 Å². The van der Waals surface area contributed by atoms with E-state index in [2.05, 4.69) is 54.1 Å². The number of carbonyl (C=O) groups is 1. The van der Waals surface area contributed by atoms with Gasteiger partial charge < -0.3 is 14.6 Å². The Labute approximate surface area is 201 Å². The van der Waals surface area contributed by atoms with Crippen LogP contribution in [0.5, 0.6) is 5.75 Å². The predicted molar refractivity (Wildman–Crippen MR) is 137 cm³/mol. The van der Waals surface area contributed by atoms with Gasteiger partial charge in [-0.05, 0) is 41.7 Å². The first-order valence-corrected chi connectivity index (χ1v) is 12.1. The van der Waals surface area contributed by atoms with Crippen LogP contribution in [0.3, 0.4) is 0 Å². The number of aryl methyl sites for hydroxylation is 1. The van der Waals surface area contributed by atoms with Crippen molar-refractivity contribution in [1.29, 1.82) is 0 Å². The molecule has 0 aliphatic carbocycles. The minimum Gasteiger partial charge on any atom is -0.491 e. The lowest BCUT2D eigenvalue weighted by Crippen LogP contribution is -2.27. The average molecular weight is 456 g/mol. The van der Waals surface area contributed by atoms with Crippen LogP contribution in [0.4, 0.5) is 0 Å². The van der Waals surface area contributed by atoms with E-state index < -0.39 is 0 Å². The third-order valence-electron chi connectivity index (χ3n) is 6.00. The number of hydrogen-bond donors (Lipinski definition) is 1. The number of rotatable bonds is 11. The maximum atomic E-state index is 12.3. The minimum absolute atomic E-state index is 0.0696. The fourth-order valence-corrected chi connectivity index (χ4v) is 4.21. The molecule has 0 saturated carbocycles. The first-order chi connectivity index (χ1) is 16.6. The number of nitrogens with zero attached hydrogens (tertiary/aromatic N) is 2. The number of amides is 1. The first-order valence-electron chi connectivity index (χ1n) is 12.1. The van der Waals surface area contributed by atoms with E-state index in [1.165, 1.54) is 11.1 Å². The molecule has 34 heavy (non-hydrogen) atoms. The zero-order chi connectivity index (χ0) is 23.8. The molecule has 1 aromatic heterocycles. The molecule has 1 heterocycles. The molecule has 3 aromatic carbocycles. The highest BCUT2D eigenvalue weighted by atomic mass is 16.5. The molecule has 5 nitrogen and oxygen atoms in total. The number of imidazole rings is 1. The molecule has 176 valence electrons. The molecule has 4 aromatic rings. The van der Waals surface area contributed by atoms with Crippen LogP contribution in [0.1, 0.15) is 43.1 Å². The predicted octanol–water partition coefficient (Wildman–Crippen LogP) is 5.53. The van der Waals surface area contributed by atoms with Crippen LogP contribution in [0.15, 0.2) is 78.9 Å².